The first-order valence-electron chi connectivity index (χ1n) is 14.0. The summed E-state index contributed by atoms with van der Waals surface area (Å²) < 4.78 is 14.9. The maximum atomic E-state index is 13.3. The standard InChI is InChI=1S/C32H45N5O2S/c1-5-8-11-17-28(4)36(7-3)26-24-33-21-14-10-15-22-34-31(38)27-29-18-16-23-35-32(29)37(25-6-2)40(39)30-19-12-9-13-20-30/h5-6,8-9,11-13,16-20,23,33H,1-2,7,10,14-15,21-22,24-27H2,3-4H3,(H,34,38)/b11-8-,28-17+. The molecule has 0 aliphatic heterocycles. The number of likely N-dealkylation sites (N-methyl/N-ethyl adjacent to an activating group) is 1. The Bertz CT molecular complexity index is 1130. The van der Waals surface area contributed by atoms with Gasteiger partial charge >= 0.3 is 0 Å². The minimum absolute atomic E-state index is 0.0672. The van der Waals surface area contributed by atoms with Crippen molar-refractivity contribution < 1.29 is 9.00 Å². The molecule has 216 valence electrons. The van der Waals surface area contributed by atoms with Gasteiger partial charge in [-0.15, -0.1) is 6.58 Å². The molecule has 0 aliphatic carbocycles. The quantitative estimate of drug-likeness (QED) is 0.132. The van der Waals surface area contributed by atoms with Gasteiger partial charge in [-0.1, -0.05) is 61.6 Å². The van der Waals surface area contributed by atoms with Crippen LogP contribution >= 0.6 is 0 Å². The van der Waals surface area contributed by atoms with Crippen LogP contribution in [0.5, 0.6) is 0 Å². The number of allylic oxidation sites excluding steroid dienone is 5. The topological polar surface area (TPSA) is 77.6 Å². The zero-order valence-electron chi connectivity index (χ0n) is 24.1. The zero-order chi connectivity index (χ0) is 29.0. The number of nitrogens with zero attached hydrogens (tertiary/aromatic N) is 3. The molecule has 1 aromatic heterocycles. The third-order valence-electron chi connectivity index (χ3n) is 6.27. The number of benzene rings is 1. The number of aromatic nitrogens is 1. The Morgan fingerprint density at radius 2 is 1.80 bits per heavy atom. The van der Waals surface area contributed by atoms with E-state index in [0.717, 1.165) is 51.0 Å². The maximum absolute atomic E-state index is 13.3. The fourth-order valence-corrected chi connectivity index (χ4v) is 5.33. The Labute approximate surface area is 243 Å². The smallest absolute Gasteiger partial charge is 0.224 e. The first kappa shape index (κ1) is 32.7. The SMILES string of the molecule is C=C/C=C\C=C(/C)N(CC)CCNCCCCCNC(=O)Cc1cccnc1N(CC=C)S(=O)c1ccccc1. The van der Waals surface area contributed by atoms with Gasteiger partial charge in [0.1, 0.15) is 5.82 Å². The minimum Gasteiger partial charge on any atom is -0.374 e. The van der Waals surface area contributed by atoms with Gasteiger partial charge in [-0.3, -0.25) is 9.10 Å². The van der Waals surface area contributed by atoms with E-state index in [9.17, 15) is 9.00 Å². The highest BCUT2D eigenvalue weighted by molar-refractivity contribution is 7.86. The number of pyridine rings is 1. The lowest BCUT2D eigenvalue weighted by molar-refractivity contribution is -0.120. The van der Waals surface area contributed by atoms with E-state index >= 15 is 0 Å². The Hall–Kier alpha value is -3.49. The summed E-state index contributed by atoms with van der Waals surface area (Å²) >= 11 is 0. The van der Waals surface area contributed by atoms with Crippen molar-refractivity contribution in [2.24, 2.45) is 0 Å². The van der Waals surface area contributed by atoms with Crippen molar-refractivity contribution in [3.05, 3.63) is 103 Å². The summed E-state index contributed by atoms with van der Waals surface area (Å²) in [6, 6.07) is 12.9. The second kappa shape index (κ2) is 19.6. The van der Waals surface area contributed by atoms with Gasteiger partial charge < -0.3 is 15.5 Å². The lowest BCUT2D eigenvalue weighted by atomic mass is 10.1. The van der Waals surface area contributed by atoms with Crippen LogP contribution < -0.4 is 14.9 Å². The first-order valence-corrected chi connectivity index (χ1v) is 15.1. The van der Waals surface area contributed by atoms with Crippen LogP contribution in [0, 0.1) is 0 Å². The predicted molar refractivity (Wildman–Crippen MR) is 168 cm³/mol. The molecule has 0 fully saturated rings. The number of amides is 1. The molecule has 1 aromatic carbocycles. The summed E-state index contributed by atoms with van der Waals surface area (Å²) in [6.07, 6.45) is 14.4. The summed E-state index contributed by atoms with van der Waals surface area (Å²) in [6.45, 7) is 16.6. The zero-order valence-corrected chi connectivity index (χ0v) is 24.9. The highest BCUT2D eigenvalue weighted by atomic mass is 32.2. The van der Waals surface area contributed by atoms with Crippen LogP contribution in [-0.2, 0) is 22.2 Å². The van der Waals surface area contributed by atoms with Crippen molar-refractivity contribution in [2.75, 3.05) is 43.6 Å². The van der Waals surface area contributed by atoms with E-state index in [1.54, 1.807) is 28.7 Å². The lowest BCUT2D eigenvalue weighted by Crippen LogP contribution is -2.31. The fourth-order valence-electron chi connectivity index (χ4n) is 4.12. The average molecular weight is 564 g/mol. The summed E-state index contributed by atoms with van der Waals surface area (Å²) in [5.74, 6) is 0.466. The summed E-state index contributed by atoms with van der Waals surface area (Å²) in [5.41, 5.74) is 1.98. The van der Waals surface area contributed by atoms with Gasteiger partial charge in [0, 0.05) is 43.6 Å². The number of unbranched alkanes of at least 4 members (excludes halogenated alkanes) is 2. The molecule has 8 heteroatoms. The second-order valence-electron chi connectivity index (χ2n) is 9.24. The largest absolute Gasteiger partial charge is 0.374 e. The van der Waals surface area contributed by atoms with Crippen LogP contribution in [0.3, 0.4) is 0 Å². The van der Waals surface area contributed by atoms with E-state index in [1.807, 2.05) is 48.6 Å². The molecule has 40 heavy (non-hydrogen) atoms. The molecule has 1 heterocycles. The summed E-state index contributed by atoms with van der Waals surface area (Å²) in [7, 11) is -1.47. The van der Waals surface area contributed by atoms with Gasteiger partial charge in [0.2, 0.25) is 5.91 Å². The second-order valence-corrected chi connectivity index (χ2v) is 10.7. The van der Waals surface area contributed by atoms with Gasteiger partial charge in [0.25, 0.3) is 0 Å². The molecule has 0 saturated heterocycles. The van der Waals surface area contributed by atoms with Crippen molar-refractivity contribution in [2.45, 2.75) is 44.4 Å². The minimum atomic E-state index is -1.47. The fraction of sp³-hybridized carbons (Fsp3) is 0.375. The number of carbonyl (C=O) groups is 1. The lowest BCUT2D eigenvalue weighted by Gasteiger charge is -2.23. The Kier molecular flexibility index (Phi) is 16.0. The number of hydrogen-bond acceptors (Lipinski definition) is 5. The van der Waals surface area contributed by atoms with Gasteiger partial charge in [-0.2, -0.15) is 0 Å². The highest BCUT2D eigenvalue weighted by Gasteiger charge is 2.20. The van der Waals surface area contributed by atoms with Crippen LogP contribution in [-0.4, -0.2) is 59.3 Å². The molecule has 1 unspecified atom stereocenters. The van der Waals surface area contributed by atoms with Crippen LogP contribution in [0.15, 0.2) is 103 Å². The van der Waals surface area contributed by atoms with Crippen molar-refractivity contribution in [3.8, 4) is 0 Å². The van der Waals surface area contributed by atoms with E-state index in [4.69, 9.17) is 0 Å². The van der Waals surface area contributed by atoms with Crippen LogP contribution in [0.4, 0.5) is 5.82 Å². The molecule has 7 nitrogen and oxygen atoms in total. The third-order valence-corrected chi connectivity index (χ3v) is 7.67. The molecule has 1 atom stereocenters. The summed E-state index contributed by atoms with van der Waals surface area (Å²) in [4.78, 5) is 20.2. The van der Waals surface area contributed by atoms with Crippen LogP contribution in [0.1, 0.15) is 38.7 Å². The number of rotatable bonds is 20. The molecule has 2 rings (SSSR count). The first-order chi connectivity index (χ1) is 19.5. The Morgan fingerprint density at radius 1 is 1.02 bits per heavy atom. The molecule has 0 spiro atoms. The van der Waals surface area contributed by atoms with Crippen molar-refractivity contribution >= 4 is 22.7 Å². The van der Waals surface area contributed by atoms with Crippen molar-refractivity contribution in [3.63, 3.8) is 0 Å². The number of hydrogen-bond donors (Lipinski definition) is 2. The van der Waals surface area contributed by atoms with Gasteiger partial charge in [0.05, 0.1) is 17.9 Å². The molecule has 2 aromatic rings. The molecule has 0 radical (unpaired) electrons. The summed E-state index contributed by atoms with van der Waals surface area (Å²) in [5, 5.41) is 6.54. The molecular formula is C32H45N5O2S. The van der Waals surface area contributed by atoms with E-state index in [1.165, 1.54) is 5.70 Å². The van der Waals surface area contributed by atoms with E-state index < -0.39 is 11.0 Å². The molecule has 0 saturated carbocycles. The Balaban J connectivity index is 1.73. The van der Waals surface area contributed by atoms with E-state index in [0.29, 0.717) is 23.8 Å². The molecule has 0 bridgehead atoms. The maximum Gasteiger partial charge on any atom is 0.224 e. The third kappa shape index (κ3) is 11.7. The average Bonchev–Trinajstić information content (AvgIpc) is 2.97. The highest BCUT2D eigenvalue weighted by Crippen LogP contribution is 2.23. The monoisotopic (exact) mass is 563 g/mol. The van der Waals surface area contributed by atoms with Crippen molar-refractivity contribution in [1.29, 1.82) is 0 Å². The van der Waals surface area contributed by atoms with Gasteiger partial charge in [0.15, 0.2) is 11.0 Å². The molecule has 1 amide bonds. The number of anilines is 1. The van der Waals surface area contributed by atoms with Crippen LogP contribution in [0.2, 0.25) is 0 Å². The van der Waals surface area contributed by atoms with Gasteiger partial charge in [-0.05, 0) is 57.5 Å². The number of nitrogens with one attached hydrogen (secondary N) is 2. The molecular weight excluding hydrogens is 518 g/mol. The predicted octanol–water partition coefficient (Wildman–Crippen LogP) is 5.18. The van der Waals surface area contributed by atoms with Crippen LogP contribution in [0.25, 0.3) is 0 Å². The number of carbonyl (C=O) groups excluding carboxylic acids is 1. The van der Waals surface area contributed by atoms with E-state index in [2.05, 4.69) is 53.6 Å². The Morgan fingerprint density at radius 3 is 2.52 bits per heavy atom. The molecule has 0 aliphatic rings. The molecule has 2 N–H and O–H groups in total. The van der Waals surface area contributed by atoms with E-state index in [-0.39, 0.29) is 12.3 Å². The van der Waals surface area contributed by atoms with Gasteiger partial charge in [-0.25, -0.2) is 9.19 Å². The van der Waals surface area contributed by atoms with Crippen molar-refractivity contribution in [1.82, 2.24) is 20.5 Å². The normalized spacial score (nSPS) is 12.2.